The number of hydrogen-bond acceptors (Lipinski definition) is 5. The van der Waals surface area contributed by atoms with Crippen LogP contribution in [0.3, 0.4) is 0 Å². The average molecular weight is 328 g/mol. The molecule has 0 bridgehead atoms. The van der Waals surface area contributed by atoms with E-state index in [4.69, 9.17) is 10.3 Å². The number of nitrogens with two attached hydrogens (primary N) is 1. The number of piperidine rings is 1. The first kappa shape index (κ1) is 16.6. The molecule has 0 saturated carbocycles. The first-order chi connectivity index (χ1) is 11.6. The van der Waals surface area contributed by atoms with Crippen LogP contribution in [0.25, 0.3) is 0 Å². The summed E-state index contributed by atoms with van der Waals surface area (Å²) in [6.07, 6.45) is 4.75. The van der Waals surface area contributed by atoms with E-state index in [1.54, 1.807) is 0 Å². The zero-order chi connectivity index (χ0) is 16.9. The van der Waals surface area contributed by atoms with Crippen molar-refractivity contribution in [1.29, 1.82) is 0 Å². The van der Waals surface area contributed by atoms with Crippen LogP contribution in [0.1, 0.15) is 46.9 Å². The molecule has 0 spiro atoms. The minimum atomic E-state index is -0.653. The van der Waals surface area contributed by atoms with Gasteiger partial charge < -0.3 is 10.3 Å². The van der Waals surface area contributed by atoms with Crippen LogP contribution in [0.5, 0.6) is 0 Å². The average Bonchev–Trinajstić information content (AvgIpc) is 3.03. The summed E-state index contributed by atoms with van der Waals surface area (Å²) in [6, 6.07) is 8.60. The molecule has 1 aliphatic heterocycles. The third-order valence-electron chi connectivity index (χ3n) is 4.73. The molecule has 1 unspecified atom stereocenters. The van der Waals surface area contributed by atoms with Gasteiger partial charge in [0, 0.05) is 6.54 Å². The van der Waals surface area contributed by atoms with Gasteiger partial charge in [-0.15, -0.1) is 0 Å². The van der Waals surface area contributed by atoms with Crippen LogP contribution in [-0.4, -0.2) is 34.0 Å². The number of carbonyl (C=O) groups is 1. The maximum Gasteiger partial charge on any atom is 0.290 e. The molecule has 2 heterocycles. The van der Waals surface area contributed by atoms with Crippen molar-refractivity contribution in [2.45, 2.75) is 39.2 Å². The summed E-state index contributed by atoms with van der Waals surface area (Å²) < 4.78 is 5.11. The number of aryl methyl sites for hydroxylation is 2. The predicted molar refractivity (Wildman–Crippen MR) is 90.3 cm³/mol. The van der Waals surface area contributed by atoms with Crippen molar-refractivity contribution in [3.8, 4) is 0 Å². The maximum atomic E-state index is 11.0. The monoisotopic (exact) mass is 328 g/mol. The Morgan fingerprint density at radius 2 is 2.25 bits per heavy atom. The first-order valence-electron chi connectivity index (χ1n) is 8.51. The van der Waals surface area contributed by atoms with Gasteiger partial charge in [-0.2, -0.15) is 4.98 Å². The Hall–Kier alpha value is -2.21. The number of nitrogens with zero attached hydrogens (tertiary/aromatic N) is 3. The molecule has 1 amide bonds. The molecule has 6 heteroatoms. The number of aromatic nitrogens is 2. The van der Waals surface area contributed by atoms with Gasteiger partial charge in [0.05, 0.1) is 6.54 Å². The summed E-state index contributed by atoms with van der Waals surface area (Å²) in [5.74, 6) is 0.443. The van der Waals surface area contributed by atoms with Gasteiger partial charge in [0.2, 0.25) is 5.89 Å². The summed E-state index contributed by atoms with van der Waals surface area (Å²) >= 11 is 0. The lowest BCUT2D eigenvalue weighted by Crippen LogP contribution is -2.35. The second-order valence-corrected chi connectivity index (χ2v) is 6.58. The Morgan fingerprint density at radius 3 is 3.00 bits per heavy atom. The summed E-state index contributed by atoms with van der Waals surface area (Å²) in [6.45, 7) is 4.81. The second-order valence-electron chi connectivity index (χ2n) is 6.58. The zero-order valence-electron chi connectivity index (χ0n) is 14.1. The molecule has 1 aromatic heterocycles. The number of likely N-dealkylation sites (tertiary alicyclic amines) is 1. The fourth-order valence-electron chi connectivity index (χ4n) is 3.39. The highest BCUT2D eigenvalue weighted by atomic mass is 16.5. The summed E-state index contributed by atoms with van der Waals surface area (Å²) in [5.41, 5.74) is 7.96. The maximum absolute atomic E-state index is 11.0. The van der Waals surface area contributed by atoms with Crippen LogP contribution in [0.2, 0.25) is 0 Å². The third-order valence-corrected chi connectivity index (χ3v) is 4.73. The molecule has 1 fully saturated rings. The Morgan fingerprint density at radius 1 is 1.42 bits per heavy atom. The van der Waals surface area contributed by atoms with Gasteiger partial charge in [-0.05, 0) is 56.2 Å². The Labute approximate surface area is 142 Å². The molecule has 24 heavy (non-hydrogen) atoms. The van der Waals surface area contributed by atoms with Crippen molar-refractivity contribution in [1.82, 2.24) is 15.0 Å². The highest BCUT2D eigenvalue weighted by Gasteiger charge is 2.22. The standard InChI is InChI=1S/C18H24N4O2/c1-13-5-2-3-7-15(13)9-8-14-6-4-10-22(11-14)12-16-20-18(17(19)23)21-24-16/h2-3,5,7,14H,4,6,8-12H2,1H3,(H2,19,23). The summed E-state index contributed by atoms with van der Waals surface area (Å²) in [4.78, 5) is 17.4. The van der Waals surface area contributed by atoms with Crippen LogP contribution in [-0.2, 0) is 13.0 Å². The molecule has 1 atom stereocenters. The molecule has 128 valence electrons. The molecule has 6 nitrogen and oxygen atoms in total. The van der Waals surface area contributed by atoms with Crippen molar-refractivity contribution in [2.24, 2.45) is 11.7 Å². The van der Waals surface area contributed by atoms with Crippen molar-refractivity contribution < 1.29 is 9.32 Å². The molecule has 2 aromatic rings. The lowest BCUT2D eigenvalue weighted by atomic mass is 9.90. The number of amides is 1. The van der Waals surface area contributed by atoms with Crippen LogP contribution in [0, 0.1) is 12.8 Å². The quantitative estimate of drug-likeness (QED) is 0.879. The number of hydrogen-bond donors (Lipinski definition) is 1. The largest absolute Gasteiger partial charge is 0.363 e. The summed E-state index contributed by atoms with van der Waals surface area (Å²) in [7, 11) is 0. The normalized spacial score (nSPS) is 18.6. The Balaban J connectivity index is 1.52. The van der Waals surface area contributed by atoms with Gasteiger partial charge >= 0.3 is 0 Å². The Kier molecular flexibility index (Phi) is 5.25. The first-order valence-corrected chi connectivity index (χ1v) is 8.51. The number of rotatable bonds is 6. The van der Waals surface area contributed by atoms with E-state index in [-0.39, 0.29) is 5.82 Å². The highest BCUT2D eigenvalue weighted by molar-refractivity contribution is 5.88. The fourth-order valence-corrected chi connectivity index (χ4v) is 3.39. The fraction of sp³-hybridized carbons (Fsp3) is 0.500. The topological polar surface area (TPSA) is 85.3 Å². The van der Waals surface area contributed by atoms with Crippen molar-refractivity contribution in [3.63, 3.8) is 0 Å². The predicted octanol–water partition coefficient (Wildman–Crippen LogP) is 2.32. The highest BCUT2D eigenvalue weighted by Crippen LogP contribution is 2.23. The molecule has 3 rings (SSSR count). The Bertz CT molecular complexity index is 698. The van der Waals surface area contributed by atoms with Gasteiger partial charge in [-0.25, -0.2) is 0 Å². The lowest BCUT2D eigenvalue weighted by molar-refractivity contribution is 0.0987. The van der Waals surface area contributed by atoms with E-state index in [1.165, 1.54) is 30.4 Å². The van der Waals surface area contributed by atoms with Gasteiger partial charge in [-0.3, -0.25) is 9.69 Å². The SMILES string of the molecule is Cc1ccccc1CCC1CCCN(Cc2nc(C(N)=O)no2)C1. The van der Waals surface area contributed by atoms with E-state index in [9.17, 15) is 4.79 Å². The van der Waals surface area contributed by atoms with E-state index in [0.717, 1.165) is 19.5 Å². The van der Waals surface area contributed by atoms with E-state index in [2.05, 4.69) is 46.2 Å². The number of benzene rings is 1. The van der Waals surface area contributed by atoms with Gasteiger partial charge in [0.25, 0.3) is 11.7 Å². The molecule has 1 saturated heterocycles. The minimum absolute atomic E-state index is 0.0434. The van der Waals surface area contributed by atoms with Crippen molar-refractivity contribution in [3.05, 3.63) is 47.1 Å². The third kappa shape index (κ3) is 4.20. The molecular weight excluding hydrogens is 304 g/mol. The van der Waals surface area contributed by atoms with Crippen LogP contribution in [0.4, 0.5) is 0 Å². The van der Waals surface area contributed by atoms with Gasteiger partial charge in [0.1, 0.15) is 0 Å². The van der Waals surface area contributed by atoms with E-state index in [1.807, 2.05) is 0 Å². The zero-order valence-corrected chi connectivity index (χ0v) is 14.1. The lowest BCUT2D eigenvalue weighted by Gasteiger charge is -2.31. The number of carbonyl (C=O) groups excluding carboxylic acids is 1. The molecule has 2 N–H and O–H groups in total. The van der Waals surface area contributed by atoms with E-state index < -0.39 is 5.91 Å². The van der Waals surface area contributed by atoms with E-state index >= 15 is 0 Å². The molecule has 0 aliphatic carbocycles. The van der Waals surface area contributed by atoms with Crippen molar-refractivity contribution >= 4 is 5.91 Å². The molecular formula is C18H24N4O2. The smallest absolute Gasteiger partial charge is 0.290 e. The van der Waals surface area contributed by atoms with E-state index in [0.29, 0.717) is 18.4 Å². The van der Waals surface area contributed by atoms with Crippen LogP contribution >= 0.6 is 0 Å². The van der Waals surface area contributed by atoms with Crippen LogP contribution < -0.4 is 5.73 Å². The van der Waals surface area contributed by atoms with Crippen LogP contribution in [0.15, 0.2) is 28.8 Å². The molecule has 1 aromatic carbocycles. The summed E-state index contributed by atoms with van der Waals surface area (Å²) in [5, 5.41) is 3.60. The van der Waals surface area contributed by atoms with Crippen molar-refractivity contribution in [2.75, 3.05) is 13.1 Å². The van der Waals surface area contributed by atoms with Gasteiger partial charge in [-0.1, -0.05) is 29.4 Å². The molecule has 0 radical (unpaired) electrons. The minimum Gasteiger partial charge on any atom is -0.363 e. The van der Waals surface area contributed by atoms with Gasteiger partial charge in [0.15, 0.2) is 0 Å². The molecule has 1 aliphatic rings. The number of primary amides is 1. The second kappa shape index (κ2) is 7.57.